The lowest BCUT2D eigenvalue weighted by Gasteiger charge is -2.40. The SMILES string of the molecule is C=CC(=O)N1CCN2c3nc(=O)n(-c4c(C)ccnc4C(C)C)c4nc(-c5c(C)ccc6[nH]ncc56)c(F)c(c34)N(C)C(=O)C2C1. The molecule has 0 bridgehead atoms. The Labute approximate surface area is 263 Å². The van der Waals surface area contributed by atoms with E-state index in [1.165, 1.54) is 27.5 Å². The van der Waals surface area contributed by atoms with Crippen LogP contribution in [0.4, 0.5) is 15.9 Å². The highest BCUT2D eigenvalue weighted by Crippen LogP contribution is 2.44. The van der Waals surface area contributed by atoms with Crippen molar-refractivity contribution >= 4 is 45.3 Å². The summed E-state index contributed by atoms with van der Waals surface area (Å²) in [5.74, 6) is -1.44. The molecule has 7 rings (SSSR count). The van der Waals surface area contributed by atoms with E-state index in [2.05, 4.69) is 26.7 Å². The van der Waals surface area contributed by atoms with Crippen LogP contribution in [0.3, 0.4) is 0 Å². The molecule has 2 aliphatic rings. The van der Waals surface area contributed by atoms with Crippen molar-refractivity contribution in [2.45, 2.75) is 39.7 Å². The molecule has 0 saturated carbocycles. The number of aryl methyl sites for hydroxylation is 2. The number of H-pyrrole nitrogens is 1. The average molecular weight is 622 g/mol. The number of fused-ring (bicyclic) bond motifs is 3. The molecule has 12 nitrogen and oxygen atoms in total. The van der Waals surface area contributed by atoms with Gasteiger partial charge in [-0.3, -0.25) is 19.7 Å². The summed E-state index contributed by atoms with van der Waals surface area (Å²) in [7, 11) is 1.50. The Morgan fingerprint density at radius 1 is 1.11 bits per heavy atom. The number of likely N-dealkylation sites (N-methyl/N-ethyl adjacent to an activating group) is 1. The number of pyridine rings is 2. The molecule has 6 heterocycles. The maximum atomic E-state index is 17.3. The van der Waals surface area contributed by atoms with Gasteiger partial charge >= 0.3 is 5.69 Å². The van der Waals surface area contributed by atoms with Crippen LogP contribution in [0.1, 0.15) is 36.6 Å². The molecule has 1 atom stereocenters. The lowest BCUT2D eigenvalue weighted by Crippen LogP contribution is -2.60. The van der Waals surface area contributed by atoms with Crippen LogP contribution >= 0.6 is 0 Å². The number of benzene rings is 1. The summed E-state index contributed by atoms with van der Waals surface area (Å²) in [6.45, 7) is 11.7. The minimum Gasteiger partial charge on any atom is -0.340 e. The molecule has 1 fully saturated rings. The minimum absolute atomic E-state index is 0.0167. The highest BCUT2D eigenvalue weighted by atomic mass is 19.1. The van der Waals surface area contributed by atoms with E-state index in [4.69, 9.17) is 4.98 Å². The van der Waals surface area contributed by atoms with Gasteiger partial charge in [-0.2, -0.15) is 10.1 Å². The number of carbonyl (C=O) groups is 2. The second-order valence-electron chi connectivity index (χ2n) is 12.1. The van der Waals surface area contributed by atoms with Crippen LogP contribution < -0.4 is 15.5 Å². The van der Waals surface area contributed by atoms with Gasteiger partial charge in [-0.1, -0.05) is 26.5 Å². The number of anilines is 2. The van der Waals surface area contributed by atoms with Gasteiger partial charge in [-0.15, -0.1) is 0 Å². The maximum absolute atomic E-state index is 17.3. The quantitative estimate of drug-likeness (QED) is 0.300. The molecule has 1 saturated heterocycles. The van der Waals surface area contributed by atoms with Gasteiger partial charge in [0.2, 0.25) is 5.91 Å². The molecule has 2 aliphatic heterocycles. The third kappa shape index (κ3) is 4.14. The van der Waals surface area contributed by atoms with Crippen molar-refractivity contribution in [1.82, 2.24) is 34.6 Å². The smallest absolute Gasteiger partial charge is 0.340 e. The van der Waals surface area contributed by atoms with Crippen LogP contribution in [0, 0.1) is 19.7 Å². The second-order valence-corrected chi connectivity index (χ2v) is 12.1. The summed E-state index contributed by atoms with van der Waals surface area (Å²) < 4.78 is 18.7. The van der Waals surface area contributed by atoms with E-state index < -0.39 is 23.5 Å². The summed E-state index contributed by atoms with van der Waals surface area (Å²) in [5, 5.41) is 7.96. The van der Waals surface area contributed by atoms with E-state index in [-0.39, 0.29) is 59.7 Å². The number of nitrogens with zero attached hydrogens (tertiary/aromatic N) is 8. The van der Waals surface area contributed by atoms with Gasteiger partial charge < -0.3 is 14.7 Å². The van der Waals surface area contributed by atoms with Gasteiger partial charge in [0.05, 0.1) is 40.7 Å². The Kier molecular flexibility index (Phi) is 6.72. The zero-order valence-corrected chi connectivity index (χ0v) is 26.1. The van der Waals surface area contributed by atoms with Crippen LogP contribution in [-0.2, 0) is 9.59 Å². The van der Waals surface area contributed by atoms with Crippen molar-refractivity contribution in [3.05, 3.63) is 76.4 Å². The molecule has 1 aromatic carbocycles. The number of piperazine rings is 1. The van der Waals surface area contributed by atoms with Crippen molar-refractivity contribution in [3.63, 3.8) is 0 Å². The fraction of sp³-hybridized carbons (Fsp3) is 0.303. The van der Waals surface area contributed by atoms with Gasteiger partial charge in [-0.25, -0.2) is 18.7 Å². The number of carbonyl (C=O) groups excluding carboxylic acids is 2. The Morgan fingerprint density at radius 2 is 1.89 bits per heavy atom. The summed E-state index contributed by atoms with van der Waals surface area (Å²) in [4.78, 5) is 59.7. The molecule has 0 radical (unpaired) electrons. The van der Waals surface area contributed by atoms with Gasteiger partial charge in [0, 0.05) is 37.3 Å². The number of hydrogen-bond acceptors (Lipinski definition) is 8. The first-order valence-corrected chi connectivity index (χ1v) is 15.0. The molecule has 0 spiro atoms. The Morgan fingerprint density at radius 3 is 2.63 bits per heavy atom. The zero-order valence-electron chi connectivity index (χ0n) is 26.1. The third-order valence-corrected chi connectivity index (χ3v) is 9.01. The third-order valence-electron chi connectivity index (χ3n) is 9.01. The molecule has 1 unspecified atom stereocenters. The molecular formula is C33H32FN9O3. The number of aromatic nitrogens is 6. The molecule has 2 amide bonds. The summed E-state index contributed by atoms with van der Waals surface area (Å²) in [5.41, 5.74) is 3.22. The first-order chi connectivity index (χ1) is 22.0. The van der Waals surface area contributed by atoms with Crippen molar-refractivity contribution in [3.8, 4) is 16.9 Å². The summed E-state index contributed by atoms with van der Waals surface area (Å²) in [6, 6.07) is 4.57. The molecular weight excluding hydrogens is 589 g/mol. The maximum Gasteiger partial charge on any atom is 0.355 e. The molecule has 1 N–H and O–H groups in total. The largest absolute Gasteiger partial charge is 0.355 e. The second kappa shape index (κ2) is 10.6. The molecule has 0 aliphatic carbocycles. The van der Waals surface area contributed by atoms with E-state index in [9.17, 15) is 14.4 Å². The van der Waals surface area contributed by atoms with Gasteiger partial charge in [0.1, 0.15) is 17.6 Å². The minimum atomic E-state index is -0.922. The van der Waals surface area contributed by atoms with Crippen LogP contribution in [0.15, 0.2) is 48.0 Å². The predicted molar refractivity (Wildman–Crippen MR) is 173 cm³/mol. The fourth-order valence-corrected chi connectivity index (χ4v) is 6.72. The normalized spacial score (nSPS) is 16.4. The summed E-state index contributed by atoms with van der Waals surface area (Å²) in [6.07, 6.45) is 4.49. The first-order valence-electron chi connectivity index (χ1n) is 15.0. The molecule has 4 aromatic heterocycles. The van der Waals surface area contributed by atoms with Crippen molar-refractivity contribution in [2.75, 3.05) is 36.5 Å². The Balaban J connectivity index is 1.64. The van der Waals surface area contributed by atoms with E-state index in [1.807, 2.05) is 39.8 Å². The standard InChI is InChI=1S/C33H32FN9O3/c1-7-22(44)41-12-13-42-21(15-41)32(45)40(6)29-24-30(42)38-33(46)43(28-18(5)10-11-35-26(28)16(2)3)31(24)37-27(25(29)34)23-17(4)8-9-20-19(23)14-36-39-20/h7-11,14,16,21H,1,12-13,15H2,2-6H3,(H,36,39). The number of halogens is 1. The van der Waals surface area contributed by atoms with Crippen LogP contribution in [0.2, 0.25) is 0 Å². The number of amides is 2. The van der Waals surface area contributed by atoms with Crippen molar-refractivity contribution in [1.29, 1.82) is 0 Å². The number of rotatable bonds is 4. The van der Waals surface area contributed by atoms with E-state index in [0.717, 1.165) is 11.1 Å². The van der Waals surface area contributed by atoms with Crippen LogP contribution in [0.5, 0.6) is 0 Å². The Hall–Kier alpha value is -5.46. The highest BCUT2D eigenvalue weighted by molar-refractivity contribution is 6.13. The molecule has 234 valence electrons. The molecule has 5 aromatic rings. The fourth-order valence-electron chi connectivity index (χ4n) is 6.72. The highest BCUT2D eigenvalue weighted by Gasteiger charge is 2.43. The van der Waals surface area contributed by atoms with E-state index >= 15 is 4.39 Å². The van der Waals surface area contributed by atoms with Gasteiger partial charge in [0.15, 0.2) is 11.5 Å². The van der Waals surface area contributed by atoms with Gasteiger partial charge in [0.25, 0.3) is 5.91 Å². The van der Waals surface area contributed by atoms with E-state index in [1.54, 1.807) is 23.4 Å². The lowest BCUT2D eigenvalue weighted by atomic mass is 9.99. The van der Waals surface area contributed by atoms with Crippen molar-refractivity contribution in [2.24, 2.45) is 0 Å². The monoisotopic (exact) mass is 621 g/mol. The van der Waals surface area contributed by atoms with Crippen molar-refractivity contribution < 1.29 is 14.0 Å². The lowest BCUT2D eigenvalue weighted by molar-refractivity contribution is -0.128. The number of nitrogens with one attached hydrogen (secondary N) is 1. The topological polar surface area (TPSA) is 133 Å². The molecule has 13 heteroatoms. The zero-order chi connectivity index (χ0) is 32.6. The summed E-state index contributed by atoms with van der Waals surface area (Å²) >= 11 is 0. The van der Waals surface area contributed by atoms with E-state index in [0.29, 0.717) is 27.8 Å². The Bertz CT molecular complexity index is 2190. The predicted octanol–water partition coefficient (Wildman–Crippen LogP) is 3.78. The van der Waals surface area contributed by atoms with Crippen LogP contribution in [-0.4, -0.2) is 79.2 Å². The number of hydrogen-bond donors (Lipinski definition) is 1. The van der Waals surface area contributed by atoms with Gasteiger partial charge in [-0.05, 0) is 49.1 Å². The average Bonchev–Trinajstić information content (AvgIpc) is 3.49. The van der Waals surface area contributed by atoms with Crippen LogP contribution in [0.25, 0.3) is 38.9 Å². The molecule has 46 heavy (non-hydrogen) atoms. The first kappa shape index (κ1) is 29.3. The number of aromatic amines is 1.